The summed E-state index contributed by atoms with van der Waals surface area (Å²) in [4.78, 5) is 0. The minimum absolute atomic E-state index is 3.53. The van der Waals surface area contributed by atoms with Gasteiger partial charge in [0.2, 0.25) is 0 Å². The normalized spacial score (nSPS) is 24.4. The summed E-state index contributed by atoms with van der Waals surface area (Å²) in [7, 11) is 0. The SMILES string of the molecule is Fc1c(F)c(F)c2c(c1F)C(F)(C(F)(F)F)C(F)(F)C2(C(F)(F)F)C(F)(F)F. The van der Waals surface area contributed by atoms with E-state index in [0.29, 0.717) is 0 Å². The van der Waals surface area contributed by atoms with Crippen LogP contribution in [0.15, 0.2) is 0 Å². The molecule has 0 nitrogen and oxygen atoms in total. The molecule has 16 heteroatoms. The summed E-state index contributed by atoms with van der Waals surface area (Å²) in [5.41, 5.74) is -22.7. The zero-order valence-electron chi connectivity index (χ0n) is 12.0. The average molecular weight is 448 g/mol. The summed E-state index contributed by atoms with van der Waals surface area (Å²) in [5.74, 6) is -22.6. The summed E-state index contributed by atoms with van der Waals surface area (Å²) in [6.45, 7) is 0. The van der Waals surface area contributed by atoms with E-state index in [9.17, 15) is 70.2 Å². The Morgan fingerprint density at radius 1 is 0.464 bits per heavy atom. The molecule has 0 bridgehead atoms. The van der Waals surface area contributed by atoms with Gasteiger partial charge in [0.1, 0.15) is 0 Å². The number of hydrogen-bond donors (Lipinski definition) is 0. The second-order valence-corrected chi connectivity index (χ2v) is 5.48. The van der Waals surface area contributed by atoms with Crippen molar-refractivity contribution in [3.05, 3.63) is 34.4 Å². The number of rotatable bonds is 0. The van der Waals surface area contributed by atoms with Crippen molar-refractivity contribution in [3.8, 4) is 0 Å². The van der Waals surface area contributed by atoms with E-state index >= 15 is 0 Å². The van der Waals surface area contributed by atoms with Crippen molar-refractivity contribution in [2.75, 3.05) is 0 Å². The van der Waals surface area contributed by atoms with Crippen molar-refractivity contribution < 1.29 is 70.2 Å². The number of alkyl halides is 12. The van der Waals surface area contributed by atoms with Crippen LogP contribution in [0.25, 0.3) is 0 Å². The largest absolute Gasteiger partial charge is 0.433 e. The van der Waals surface area contributed by atoms with Crippen LogP contribution in [0.3, 0.4) is 0 Å². The molecule has 1 aromatic carbocycles. The summed E-state index contributed by atoms with van der Waals surface area (Å²) in [5, 5.41) is 0. The lowest BCUT2D eigenvalue weighted by atomic mass is 9.75. The van der Waals surface area contributed by atoms with E-state index < -0.39 is 69.9 Å². The molecular formula is C12F16. The fraction of sp³-hybridized carbons (Fsp3) is 0.500. The summed E-state index contributed by atoms with van der Waals surface area (Å²) in [6.07, 6.45) is -22.8. The number of halogens is 16. The van der Waals surface area contributed by atoms with E-state index in [-0.39, 0.29) is 0 Å². The van der Waals surface area contributed by atoms with Crippen molar-refractivity contribution >= 4 is 0 Å². The molecule has 2 rings (SSSR count). The first-order chi connectivity index (χ1) is 12.1. The third kappa shape index (κ3) is 2.06. The van der Waals surface area contributed by atoms with Gasteiger partial charge in [-0.25, -0.2) is 30.7 Å². The summed E-state index contributed by atoms with van der Waals surface area (Å²) >= 11 is 0. The van der Waals surface area contributed by atoms with E-state index in [0.717, 1.165) is 0 Å². The smallest absolute Gasteiger partial charge is 0.221 e. The molecule has 0 radical (unpaired) electrons. The van der Waals surface area contributed by atoms with Crippen LogP contribution in [0.5, 0.6) is 0 Å². The van der Waals surface area contributed by atoms with Gasteiger partial charge in [-0.15, -0.1) is 0 Å². The maximum atomic E-state index is 14.3. The van der Waals surface area contributed by atoms with Crippen LogP contribution < -0.4 is 0 Å². The van der Waals surface area contributed by atoms with Gasteiger partial charge in [-0.1, -0.05) is 0 Å². The molecule has 1 atom stereocenters. The quantitative estimate of drug-likeness (QED) is 0.260. The Morgan fingerprint density at radius 3 is 1.07 bits per heavy atom. The van der Waals surface area contributed by atoms with Crippen molar-refractivity contribution in [1.82, 2.24) is 0 Å². The lowest BCUT2D eigenvalue weighted by molar-refractivity contribution is -0.399. The standard InChI is InChI=1S/C12F16/c13-3-1-2(4(14)6(16)5(3)15)8(17,12(26,27)28)9(18,19)7(1,10(20,21)22)11(23,24)25. The fourth-order valence-electron chi connectivity index (χ4n) is 3.00. The predicted molar refractivity (Wildman–Crippen MR) is 53.8 cm³/mol. The topological polar surface area (TPSA) is 0 Å². The second kappa shape index (κ2) is 5.37. The zero-order valence-corrected chi connectivity index (χ0v) is 12.0. The number of fused-ring (bicyclic) bond motifs is 1. The molecule has 1 aromatic rings. The number of benzene rings is 1. The Kier molecular flexibility index (Phi) is 4.29. The first kappa shape index (κ1) is 22.4. The summed E-state index contributed by atoms with van der Waals surface area (Å²) < 4.78 is 214. The van der Waals surface area contributed by atoms with Crippen molar-refractivity contribution in [2.45, 2.75) is 35.5 Å². The van der Waals surface area contributed by atoms with E-state index in [1.54, 1.807) is 0 Å². The molecule has 0 amide bonds. The van der Waals surface area contributed by atoms with E-state index in [2.05, 4.69) is 0 Å². The molecule has 1 unspecified atom stereocenters. The first-order valence-corrected chi connectivity index (χ1v) is 6.27. The molecule has 0 saturated heterocycles. The molecule has 0 fully saturated rings. The molecule has 28 heavy (non-hydrogen) atoms. The molecule has 0 aliphatic heterocycles. The third-order valence-corrected chi connectivity index (χ3v) is 4.13. The van der Waals surface area contributed by atoms with Crippen LogP contribution >= 0.6 is 0 Å². The Labute approximate surface area is 141 Å². The van der Waals surface area contributed by atoms with Crippen molar-refractivity contribution in [3.63, 3.8) is 0 Å². The average Bonchev–Trinajstić information content (AvgIpc) is 2.64. The molecule has 0 saturated carbocycles. The van der Waals surface area contributed by atoms with Gasteiger partial charge in [-0.3, -0.25) is 0 Å². The highest BCUT2D eigenvalue weighted by Crippen LogP contribution is 2.74. The van der Waals surface area contributed by atoms with Crippen LogP contribution in [-0.4, -0.2) is 24.5 Å². The van der Waals surface area contributed by atoms with Gasteiger partial charge < -0.3 is 0 Å². The summed E-state index contributed by atoms with van der Waals surface area (Å²) in [6, 6.07) is 0. The lowest BCUT2D eigenvalue weighted by Gasteiger charge is -2.41. The molecule has 0 N–H and O–H groups in total. The van der Waals surface area contributed by atoms with Crippen LogP contribution in [0.2, 0.25) is 0 Å². The van der Waals surface area contributed by atoms with Crippen molar-refractivity contribution in [1.29, 1.82) is 0 Å². The van der Waals surface area contributed by atoms with E-state index in [1.807, 2.05) is 0 Å². The van der Waals surface area contributed by atoms with Gasteiger partial charge in [-0.05, 0) is 0 Å². The Morgan fingerprint density at radius 2 is 0.786 bits per heavy atom. The van der Waals surface area contributed by atoms with Gasteiger partial charge in [0.15, 0.2) is 23.3 Å². The molecule has 1 aliphatic rings. The maximum absolute atomic E-state index is 14.3. The minimum Gasteiger partial charge on any atom is -0.221 e. The van der Waals surface area contributed by atoms with Crippen LogP contribution in [0.4, 0.5) is 70.2 Å². The fourth-order valence-corrected chi connectivity index (χ4v) is 3.00. The van der Waals surface area contributed by atoms with Gasteiger partial charge >= 0.3 is 24.5 Å². The van der Waals surface area contributed by atoms with Gasteiger partial charge in [-0.2, -0.15) is 39.5 Å². The highest BCUT2D eigenvalue weighted by Gasteiger charge is 2.97. The van der Waals surface area contributed by atoms with Gasteiger partial charge in [0.05, 0.1) is 5.56 Å². The number of hydrogen-bond acceptors (Lipinski definition) is 0. The van der Waals surface area contributed by atoms with Crippen LogP contribution in [0.1, 0.15) is 11.1 Å². The first-order valence-electron chi connectivity index (χ1n) is 6.27. The van der Waals surface area contributed by atoms with E-state index in [1.165, 1.54) is 0 Å². The van der Waals surface area contributed by atoms with Gasteiger partial charge in [0.25, 0.3) is 11.1 Å². The van der Waals surface area contributed by atoms with Gasteiger partial charge in [0, 0.05) is 5.56 Å². The molecule has 0 spiro atoms. The molecule has 0 heterocycles. The molecule has 160 valence electrons. The Hall–Kier alpha value is -1.90. The third-order valence-electron chi connectivity index (χ3n) is 4.13. The van der Waals surface area contributed by atoms with Crippen molar-refractivity contribution in [2.24, 2.45) is 0 Å². The maximum Gasteiger partial charge on any atom is 0.433 e. The lowest BCUT2D eigenvalue weighted by Crippen LogP contribution is -2.68. The molecule has 1 aliphatic carbocycles. The second-order valence-electron chi connectivity index (χ2n) is 5.48. The van der Waals surface area contributed by atoms with Crippen LogP contribution in [0, 0.1) is 23.3 Å². The zero-order chi connectivity index (χ0) is 22.5. The van der Waals surface area contributed by atoms with E-state index in [4.69, 9.17) is 0 Å². The minimum atomic E-state index is -7.76. The highest BCUT2D eigenvalue weighted by atomic mass is 19.4. The van der Waals surface area contributed by atoms with Crippen LogP contribution in [-0.2, 0) is 11.1 Å². The predicted octanol–water partition coefficient (Wildman–Crippen LogP) is 5.98. The Balaban J connectivity index is 3.38. The molecule has 0 aromatic heterocycles. The molecular weight excluding hydrogens is 448 g/mol. The highest BCUT2D eigenvalue weighted by molar-refractivity contribution is 5.55. The monoisotopic (exact) mass is 448 g/mol. The Bertz CT molecular complexity index is 810.